The number of anilines is 2. The van der Waals surface area contributed by atoms with Crippen LogP contribution in [0.3, 0.4) is 0 Å². The number of carboxylic acid groups (broad SMARTS) is 1. The zero-order chi connectivity index (χ0) is 18.6. The van der Waals surface area contributed by atoms with Crippen molar-refractivity contribution in [3.05, 3.63) is 59.7 Å². The van der Waals surface area contributed by atoms with Crippen molar-refractivity contribution < 1.29 is 19.5 Å². The normalized spacial score (nSPS) is 10.8. The summed E-state index contributed by atoms with van der Waals surface area (Å²) >= 11 is 0. The lowest BCUT2D eigenvalue weighted by Gasteiger charge is -2.17. The van der Waals surface area contributed by atoms with Crippen molar-refractivity contribution in [3.63, 3.8) is 0 Å². The maximum absolute atomic E-state index is 12.3. The lowest BCUT2D eigenvalue weighted by Crippen LogP contribution is -2.27. The van der Waals surface area contributed by atoms with Crippen molar-refractivity contribution in [2.45, 2.75) is 20.8 Å². The van der Waals surface area contributed by atoms with Crippen molar-refractivity contribution >= 4 is 29.2 Å². The van der Waals surface area contributed by atoms with E-state index in [4.69, 9.17) is 0 Å². The van der Waals surface area contributed by atoms with E-state index in [1.165, 1.54) is 12.1 Å². The van der Waals surface area contributed by atoms with E-state index in [1.807, 2.05) is 0 Å². The molecule has 0 spiro atoms. The maximum Gasteiger partial charge on any atom is 0.255 e. The van der Waals surface area contributed by atoms with Gasteiger partial charge in [0.05, 0.1) is 11.7 Å². The molecule has 0 atom stereocenters. The molecule has 2 amide bonds. The van der Waals surface area contributed by atoms with Gasteiger partial charge in [0.25, 0.3) is 5.91 Å². The number of hydrogen-bond donors (Lipinski definition) is 2. The molecule has 6 heteroatoms. The van der Waals surface area contributed by atoms with Gasteiger partial charge >= 0.3 is 0 Å². The second kappa shape index (κ2) is 7.17. The van der Waals surface area contributed by atoms with Crippen LogP contribution in [0.2, 0.25) is 0 Å². The quantitative estimate of drug-likeness (QED) is 0.893. The van der Waals surface area contributed by atoms with E-state index in [1.54, 1.807) is 57.2 Å². The Bertz CT molecular complexity index is 805. The zero-order valence-corrected chi connectivity index (χ0v) is 14.3. The van der Waals surface area contributed by atoms with Crippen LogP contribution in [-0.2, 0) is 4.79 Å². The summed E-state index contributed by atoms with van der Waals surface area (Å²) in [6, 6.07) is 12.3. The highest BCUT2D eigenvalue weighted by Crippen LogP contribution is 2.19. The molecule has 0 bridgehead atoms. The number of aromatic carboxylic acids is 1. The fourth-order valence-electron chi connectivity index (χ4n) is 1.99. The van der Waals surface area contributed by atoms with Crippen molar-refractivity contribution in [2.24, 2.45) is 5.41 Å². The number of carbonyl (C=O) groups excluding carboxylic acids is 3. The number of carbonyl (C=O) groups is 3. The van der Waals surface area contributed by atoms with E-state index in [9.17, 15) is 19.5 Å². The van der Waals surface area contributed by atoms with Crippen molar-refractivity contribution in [2.75, 3.05) is 10.6 Å². The van der Waals surface area contributed by atoms with Gasteiger partial charge in [-0.3, -0.25) is 9.59 Å². The Morgan fingerprint density at radius 1 is 0.880 bits per heavy atom. The first-order valence-corrected chi connectivity index (χ1v) is 7.72. The molecule has 0 unspecified atom stereocenters. The van der Waals surface area contributed by atoms with Crippen LogP contribution in [0.25, 0.3) is 0 Å². The summed E-state index contributed by atoms with van der Waals surface area (Å²) in [4.78, 5) is 35.3. The molecule has 0 aliphatic heterocycles. The van der Waals surface area contributed by atoms with Crippen molar-refractivity contribution in [1.82, 2.24) is 0 Å². The number of nitrogens with one attached hydrogen (secondary N) is 2. The van der Waals surface area contributed by atoms with Gasteiger partial charge in [-0.05, 0) is 30.3 Å². The van der Waals surface area contributed by atoms with E-state index in [-0.39, 0.29) is 17.2 Å². The Labute approximate surface area is 145 Å². The van der Waals surface area contributed by atoms with Gasteiger partial charge in [-0.15, -0.1) is 0 Å². The highest BCUT2D eigenvalue weighted by molar-refractivity contribution is 6.07. The minimum absolute atomic E-state index is 0.0927. The average Bonchev–Trinajstić information content (AvgIpc) is 2.54. The van der Waals surface area contributed by atoms with Gasteiger partial charge in [0.1, 0.15) is 0 Å². The minimum atomic E-state index is -1.36. The van der Waals surface area contributed by atoms with Crippen molar-refractivity contribution in [3.8, 4) is 0 Å². The molecule has 2 aromatic rings. The van der Waals surface area contributed by atoms with Crippen LogP contribution in [0.1, 0.15) is 41.5 Å². The van der Waals surface area contributed by atoms with E-state index in [0.29, 0.717) is 11.3 Å². The number of rotatable bonds is 4. The Morgan fingerprint density at radius 2 is 1.48 bits per heavy atom. The molecule has 0 fully saturated rings. The second-order valence-corrected chi connectivity index (χ2v) is 6.57. The topological polar surface area (TPSA) is 98.3 Å². The molecule has 0 aliphatic carbocycles. The van der Waals surface area contributed by atoms with Gasteiger partial charge in [0.2, 0.25) is 5.91 Å². The number of carboxylic acids is 1. The molecule has 25 heavy (non-hydrogen) atoms. The Kier molecular flexibility index (Phi) is 5.22. The molecule has 2 rings (SSSR count). The van der Waals surface area contributed by atoms with Gasteiger partial charge < -0.3 is 20.5 Å². The molecule has 2 aromatic carbocycles. The molecule has 0 heterocycles. The van der Waals surface area contributed by atoms with Gasteiger partial charge in [-0.2, -0.15) is 0 Å². The summed E-state index contributed by atoms with van der Waals surface area (Å²) in [6.45, 7) is 5.41. The summed E-state index contributed by atoms with van der Waals surface area (Å²) < 4.78 is 0. The molecule has 6 nitrogen and oxygen atoms in total. The third-order valence-corrected chi connectivity index (χ3v) is 3.48. The van der Waals surface area contributed by atoms with Gasteiger partial charge in [-0.25, -0.2) is 0 Å². The maximum atomic E-state index is 12.3. The van der Waals surface area contributed by atoms with E-state index in [2.05, 4.69) is 10.6 Å². The van der Waals surface area contributed by atoms with Crippen LogP contribution < -0.4 is 15.7 Å². The van der Waals surface area contributed by atoms with Crippen LogP contribution in [0.4, 0.5) is 11.4 Å². The molecule has 0 radical (unpaired) electrons. The predicted octanol–water partition coefficient (Wildman–Crippen LogP) is 2.29. The van der Waals surface area contributed by atoms with E-state index < -0.39 is 17.3 Å². The smallest absolute Gasteiger partial charge is 0.255 e. The SMILES string of the molecule is CC(C)(C)C(=O)Nc1ccc(C(=O)Nc2ccccc2C(=O)[O-])cc1. The molecule has 0 saturated carbocycles. The minimum Gasteiger partial charge on any atom is -0.545 e. The molecule has 130 valence electrons. The van der Waals surface area contributed by atoms with Crippen LogP contribution >= 0.6 is 0 Å². The first-order chi connectivity index (χ1) is 11.7. The van der Waals surface area contributed by atoms with E-state index >= 15 is 0 Å². The van der Waals surface area contributed by atoms with Crippen LogP contribution in [0.5, 0.6) is 0 Å². The lowest BCUT2D eigenvalue weighted by atomic mass is 9.95. The highest BCUT2D eigenvalue weighted by Gasteiger charge is 2.21. The standard InChI is InChI=1S/C19H20N2O4/c1-19(2,3)18(25)20-13-10-8-12(9-11-13)16(22)21-15-7-5-4-6-14(15)17(23)24/h4-11H,1-3H3,(H,20,25)(H,21,22)(H,23,24)/p-1. The first-order valence-electron chi connectivity index (χ1n) is 7.72. The van der Waals surface area contributed by atoms with Gasteiger partial charge in [0.15, 0.2) is 0 Å². The summed E-state index contributed by atoms with van der Waals surface area (Å²) in [5.41, 5.74) is 0.459. The highest BCUT2D eigenvalue weighted by atomic mass is 16.4. The average molecular weight is 339 g/mol. The molecule has 0 aliphatic rings. The molecule has 2 N–H and O–H groups in total. The molecular formula is C19H19N2O4-. The second-order valence-electron chi connectivity index (χ2n) is 6.57. The van der Waals surface area contributed by atoms with Crippen LogP contribution in [0.15, 0.2) is 48.5 Å². The number of amides is 2. The Hall–Kier alpha value is -3.15. The first kappa shape index (κ1) is 18.2. The van der Waals surface area contributed by atoms with Gasteiger partial charge in [-0.1, -0.05) is 39.0 Å². The largest absolute Gasteiger partial charge is 0.545 e. The number of para-hydroxylation sites is 1. The third kappa shape index (κ3) is 4.67. The lowest BCUT2D eigenvalue weighted by molar-refractivity contribution is -0.254. The summed E-state index contributed by atoms with van der Waals surface area (Å²) in [7, 11) is 0. The Morgan fingerprint density at radius 3 is 2.04 bits per heavy atom. The summed E-state index contributed by atoms with van der Waals surface area (Å²) in [5.74, 6) is -1.95. The fraction of sp³-hybridized carbons (Fsp3) is 0.211. The van der Waals surface area contributed by atoms with Gasteiger partial charge in [0, 0.05) is 22.2 Å². The van der Waals surface area contributed by atoms with Crippen LogP contribution in [0, 0.1) is 5.41 Å². The Balaban J connectivity index is 2.11. The fourth-order valence-corrected chi connectivity index (χ4v) is 1.99. The molecular weight excluding hydrogens is 320 g/mol. The predicted molar refractivity (Wildman–Crippen MR) is 93.3 cm³/mol. The molecule has 0 saturated heterocycles. The monoisotopic (exact) mass is 339 g/mol. The molecule has 0 aromatic heterocycles. The van der Waals surface area contributed by atoms with E-state index in [0.717, 1.165) is 0 Å². The van der Waals surface area contributed by atoms with Crippen LogP contribution in [-0.4, -0.2) is 17.8 Å². The third-order valence-electron chi connectivity index (χ3n) is 3.48. The number of benzene rings is 2. The summed E-state index contributed by atoms with van der Waals surface area (Å²) in [5, 5.41) is 16.4. The summed E-state index contributed by atoms with van der Waals surface area (Å²) in [6.07, 6.45) is 0. The number of hydrogen-bond acceptors (Lipinski definition) is 4. The van der Waals surface area contributed by atoms with Crippen molar-refractivity contribution in [1.29, 1.82) is 0 Å². The zero-order valence-electron chi connectivity index (χ0n) is 14.3.